The van der Waals surface area contributed by atoms with Gasteiger partial charge >= 0.3 is 0 Å². The topological polar surface area (TPSA) is 33.7 Å². The summed E-state index contributed by atoms with van der Waals surface area (Å²) in [5.74, 6) is 1.62. The van der Waals surface area contributed by atoms with Crippen molar-refractivity contribution in [1.82, 2.24) is 10.2 Å². The number of nitrogens with one attached hydrogen (secondary N) is 1. The smallest absolute Gasteiger partial charge is 0.161 e. The van der Waals surface area contributed by atoms with Gasteiger partial charge < -0.3 is 19.7 Å². The third-order valence-electron chi connectivity index (χ3n) is 3.91. The van der Waals surface area contributed by atoms with E-state index in [4.69, 9.17) is 9.47 Å². The summed E-state index contributed by atoms with van der Waals surface area (Å²) in [5.41, 5.74) is 1.23. The number of ether oxygens (including phenoxy) is 2. The molecular weight excluding hydrogens is 252 g/mol. The van der Waals surface area contributed by atoms with Crippen LogP contribution in [-0.2, 0) is 6.54 Å². The lowest BCUT2D eigenvalue weighted by molar-refractivity contribution is 0.299. The molecule has 4 heteroatoms. The molecule has 1 unspecified atom stereocenters. The minimum Gasteiger partial charge on any atom is -0.493 e. The van der Waals surface area contributed by atoms with Crippen LogP contribution in [0.4, 0.5) is 0 Å². The van der Waals surface area contributed by atoms with Crippen LogP contribution in [0.3, 0.4) is 0 Å². The molecular formula is C16H26N2O2. The third kappa shape index (κ3) is 3.87. The first kappa shape index (κ1) is 15.1. The highest BCUT2D eigenvalue weighted by atomic mass is 16.5. The maximum absolute atomic E-state index is 5.60. The SMILES string of the molecule is CCOc1cc(CNCC2CCCN2C)ccc1OC. The van der Waals surface area contributed by atoms with Crippen molar-refractivity contribution in [2.45, 2.75) is 32.4 Å². The van der Waals surface area contributed by atoms with Crippen LogP contribution in [0, 0.1) is 0 Å². The molecule has 0 amide bonds. The zero-order valence-corrected chi connectivity index (χ0v) is 12.8. The van der Waals surface area contributed by atoms with E-state index in [9.17, 15) is 0 Å². The fourth-order valence-corrected chi connectivity index (χ4v) is 2.72. The van der Waals surface area contributed by atoms with Crippen LogP contribution >= 0.6 is 0 Å². The summed E-state index contributed by atoms with van der Waals surface area (Å²) in [4.78, 5) is 2.44. The minimum atomic E-state index is 0.653. The highest BCUT2D eigenvalue weighted by molar-refractivity contribution is 5.42. The van der Waals surface area contributed by atoms with Crippen LogP contribution in [0.5, 0.6) is 11.5 Å². The molecule has 112 valence electrons. The number of likely N-dealkylation sites (tertiary alicyclic amines) is 1. The molecule has 1 aliphatic rings. The van der Waals surface area contributed by atoms with Gasteiger partial charge in [-0.15, -0.1) is 0 Å². The first-order valence-corrected chi connectivity index (χ1v) is 7.45. The largest absolute Gasteiger partial charge is 0.493 e. The van der Waals surface area contributed by atoms with E-state index in [1.165, 1.54) is 24.9 Å². The van der Waals surface area contributed by atoms with E-state index >= 15 is 0 Å². The zero-order chi connectivity index (χ0) is 14.4. The summed E-state index contributed by atoms with van der Waals surface area (Å²) in [6, 6.07) is 6.81. The van der Waals surface area contributed by atoms with Crippen molar-refractivity contribution in [2.75, 3.05) is 33.9 Å². The molecule has 1 N–H and O–H groups in total. The maximum atomic E-state index is 5.60. The average Bonchev–Trinajstić information content (AvgIpc) is 2.85. The van der Waals surface area contributed by atoms with E-state index < -0.39 is 0 Å². The van der Waals surface area contributed by atoms with Crippen LogP contribution in [0.2, 0.25) is 0 Å². The Labute approximate surface area is 122 Å². The number of hydrogen-bond acceptors (Lipinski definition) is 4. The van der Waals surface area contributed by atoms with Crippen molar-refractivity contribution in [3.8, 4) is 11.5 Å². The molecule has 0 spiro atoms. The number of nitrogens with zero attached hydrogens (tertiary/aromatic N) is 1. The molecule has 0 bridgehead atoms. The van der Waals surface area contributed by atoms with Gasteiger partial charge in [-0.05, 0) is 51.1 Å². The van der Waals surface area contributed by atoms with Crippen molar-refractivity contribution < 1.29 is 9.47 Å². The van der Waals surface area contributed by atoms with Gasteiger partial charge in [-0.3, -0.25) is 0 Å². The van der Waals surface area contributed by atoms with Gasteiger partial charge in [-0.25, -0.2) is 0 Å². The van der Waals surface area contributed by atoms with Gasteiger partial charge in [-0.1, -0.05) is 6.07 Å². The molecule has 1 aromatic carbocycles. The monoisotopic (exact) mass is 278 g/mol. The Morgan fingerprint density at radius 1 is 1.35 bits per heavy atom. The fourth-order valence-electron chi connectivity index (χ4n) is 2.72. The predicted molar refractivity (Wildman–Crippen MR) is 81.5 cm³/mol. The van der Waals surface area contributed by atoms with Gasteiger partial charge in [0.15, 0.2) is 11.5 Å². The summed E-state index contributed by atoms with van der Waals surface area (Å²) in [6.45, 7) is 5.78. The second-order valence-corrected chi connectivity index (χ2v) is 5.33. The summed E-state index contributed by atoms with van der Waals surface area (Å²) in [5, 5.41) is 3.54. The first-order valence-electron chi connectivity index (χ1n) is 7.45. The van der Waals surface area contributed by atoms with Crippen molar-refractivity contribution in [3.63, 3.8) is 0 Å². The van der Waals surface area contributed by atoms with Crippen LogP contribution in [0.15, 0.2) is 18.2 Å². The molecule has 0 radical (unpaired) electrons. The molecule has 0 saturated carbocycles. The van der Waals surface area contributed by atoms with Gasteiger partial charge in [0.1, 0.15) is 0 Å². The Morgan fingerprint density at radius 2 is 2.20 bits per heavy atom. The maximum Gasteiger partial charge on any atom is 0.161 e. The summed E-state index contributed by atoms with van der Waals surface area (Å²) < 4.78 is 10.9. The van der Waals surface area contributed by atoms with Crippen molar-refractivity contribution >= 4 is 0 Å². The highest BCUT2D eigenvalue weighted by Gasteiger charge is 2.19. The molecule has 20 heavy (non-hydrogen) atoms. The average molecular weight is 278 g/mol. The Morgan fingerprint density at radius 3 is 2.85 bits per heavy atom. The highest BCUT2D eigenvalue weighted by Crippen LogP contribution is 2.28. The van der Waals surface area contributed by atoms with Crippen molar-refractivity contribution in [1.29, 1.82) is 0 Å². The molecule has 2 rings (SSSR count). The predicted octanol–water partition coefficient (Wildman–Crippen LogP) is 2.28. The quantitative estimate of drug-likeness (QED) is 0.829. The standard InChI is InChI=1S/C16H26N2O2/c1-4-20-16-10-13(7-8-15(16)19-3)11-17-12-14-6-5-9-18(14)2/h7-8,10,14,17H,4-6,9,11-12H2,1-3H3. The lowest BCUT2D eigenvalue weighted by Crippen LogP contribution is -2.35. The van der Waals surface area contributed by atoms with Gasteiger partial charge in [0, 0.05) is 19.1 Å². The van der Waals surface area contributed by atoms with Crippen molar-refractivity contribution in [2.24, 2.45) is 0 Å². The number of likely N-dealkylation sites (N-methyl/N-ethyl adjacent to an activating group) is 1. The Balaban J connectivity index is 1.87. The number of methoxy groups -OCH3 is 1. The van der Waals surface area contributed by atoms with Crippen LogP contribution in [0.25, 0.3) is 0 Å². The molecule has 0 aromatic heterocycles. The Bertz CT molecular complexity index is 423. The number of hydrogen-bond donors (Lipinski definition) is 1. The van der Waals surface area contributed by atoms with Crippen molar-refractivity contribution in [3.05, 3.63) is 23.8 Å². The molecule has 1 heterocycles. The minimum absolute atomic E-state index is 0.653. The van der Waals surface area contributed by atoms with E-state index in [1.807, 2.05) is 13.0 Å². The lowest BCUT2D eigenvalue weighted by atomic mass is 10.2. The number of benzene rings is 1. The third-order valence-corrected chi connectivity index (χ3v) is 3.91. The van der Waals surface area contributed by atoms with E-state index in [2.05, 4.69) is 29.4 Å². The molecule has 1 fully saturated rings. The first-order chi connectivity index (χ1) is 9.74. The van der Waals surface area contributed by atoms with Gasteiger partial charge in [0.05, 0.1) is 13.7 Å². The number of rotatable bonds is 7. The molecule has 4 nitrogen and oxygen atoms in total. The van der Waals surface area contributed by atoms with Gasteiger partial charge in [-0.2, -0.15) is 0 Å². The summed E-state index contributed by atoms with van der Waals surface area (Å²) in [6.07, 6.45) is 2.62. The van der Waals surface area contributed by atoms with Gasteiger partial charge in [0.25, 0.3) is 0 Å². The summed E-state index contributed by atoms with van der Waals surface area (Å²) >= 11 is 0. The Kier molecular flexibility index (Phi) is 5.68. The van der Waals surface area contributed by atoms with Crippen LogP contribution in [0.1, 0.15) is 25.3 Å². The van der Waals surface area contributed by atoms with E-state index in [0.717, 1.165) is 24.6 Å². The summed E-state index contributed by atoms with van der Waals surface area (Å²) in [7, 11) is 3.88. The van der Waals surface area contributed by atoms with E-state index in [0.29, 0.717) is 12.6 Å². The molecule has 1 saturated heterocycles. The molecule has 1 atom stereocenters. The lowest BCUT2D eigenvalue weighted by Gasteiger charge is -2.20. The normalized spacial score (nSPS) is 19.2. The fraction of sp³-hybridized carbons (Fsp3) is 0.625. The van der Waals surface area contributed by atoms with E-state index in [1.54, 1.807) is 7.11 Å². The second kappa shape index (κ2) is 7.50. The Hall–Kier alpha value is -1.26. The molecule has 1 aliphatic heterocycles. The van der Waals surface area contributed by atoms with E-state index in [-0.39, 0.29) is 0 Å². The molecule has 0 aliphatic carbocycles. The van der Waals surface area contributed by atoms with Gasteiger partial charge in [0.2, 0.25) is 0 Å². The van der Waals surface area contributed by atoms with Crippen LogP contribution in [-0.4, -0.2) is 44.8 Å². The second-order valence-electron chi connectivity index (χ2n) is 5.33. The zero-order valence-electron chi connectivity index (χ0n) is 12.8. The molecule has 1 aromatic rings. The van der Waals surface area contributed by atoms with Crippen LogP contribution < -0.4 is 14.8 Å².